The quantitative estimate of drug-likeness (QED) is 0.350. The highest BCUT2D eigenvalue weighted by Crippen LogP contribution is 2.12. The van der Waals surface area contributed by atoms with Gasteiger partial charge in [0.15, 0.2) is 5.71 Å². The largest absolute Gasteiger partial charge is 0.517 e. The fourth-order valence-corrected chi connectivity index (χ4v) is 1.54. The van der Waals surface area contributed by atoms with Crippen LogP contribution in [-0.4, -0.2) is 37.3 Å². The third kappa shape index (κ3) is 7.35. The second-order valence-electron chi connectivity index (χ2n) is 5.34. The maximum atomic E-state index is 11.6. The number of ether oxygens (including phenoxy) is 4. The Hall–Kier alpha value is -3.08. The maximum absolute atomic E-state index is 11.6. The molecule has 0 heterocycles. The summed E-state index contributed by atoms with van der Waals surface area (Å²) in [6, 6.07) is 8.62. The van der Waals surface area contributed by atoms with Crippen LogP contribution in [0, 0.1) is 11.3 Å². The van der Waals surface area contributed by atoms with Crippen LogP contribution < -0.4 is 4.74 Å². The van der Waals surface area contributed by atoms with Crippen LogP contribution in [0.1, 0.15) is 33.3 Å². The van der Waals surface area contributed by atoms with Gasteiger partial charge in [-0.05, 0) is 52.0 Å². The highest BCUT2D eigenvalue weighted by Gasteiger charge is 2.15. The number of benzene rings is 1. The second kappa shape index (κ2) is 9.93. The molecular weight excluding hydrogens is 326 g/mol. The van der Waals surface area contributed by atoms with Crippen molar-refractivity contribution in [2.24, 2.45) is 10.2 Å². The molecule has 1 aromatic carbocycles. The van der Waals surface area contributed by atoms with E-state index in [2.05, 4.69) is 10.2 Å². The van der Waals surface area contributed by atoms with Crippen molar-refractivity contribution in [3.8, 4) is 11.8 Å². The zero-order valence-corrected chi connectivity index (χ0v) is 14.8. The Bertz CT molecular complexity index is 673. The zero-order chi connectivity index (χ0) is 18.8. The molecule has 0 radical (unpaired) electrons. The topological polar surface area (TPSA) is 102 Å². The molecule has 0 saturated carbocycles. The first-order chi connectivity index (χ1) is 11.8. The van der Waals surface area contributed by atoms with Crippen LogP contribution in [0.2, 0.25) is 0 Å². The predicted molar refractivity (Wildman–Crippen MR) is 91.5 cm³/mol. The van der Waals surface area contributed by atoms with Crippen LogP contribution in [0.3, 0.4) is 0 Å². The number of methoxy groups -OCH3 is 1. The SMILES string of the molecule is COc1ccc(/C(C#N)=N/N=C(/OC(=O)OC(C)C)OC(C)C)cc1. The van der Waals surface area contributed by atoms with Gasteiger partial charge in [-0.1, -0.05) is 5.10 Å². The van der Waals surface area contributed by atoms with Gasteiger partial charge in [0, 0.05) is 5.56 Å². The van der Waals surface area contributed by atoms with Gasteiger partial charge in [0.05, 0.1) is 19.3 Å². The molecule has 8 heteroatoms. The molecule has 0 fully saturated rings. The minimum absolute atomic E-state index is 0.0216. The number of rotatable bonds is 5. The van der Waals surface area contributed by atoms with E-state index in [1.165, 1.54) is 0 Å². The molecule has 0 aliphatic heterocycles. The first kappa shape index (κ1) is 20.0. The van der Waals surface area contributed by atoms with Gasteiger partial charge in [0.25, 0.3) is 0 Å². The van der Waals surface area contributed by atoms with Crippen molar-refractivity contribution in [2.45, 2.75) is 39.9 Å². The predicted octanol–water partition coefficient (Wildman–Crippen LogP) is 3.27. The van der Waals surface area contributed by atoms with E-state index in [-0.39, 0.29) is 17.9 Å². The van der Waals surface area contributed by atoms with Crippen molar-refractivity contribution in [1.29, 1.82) is 5.26 Å². The van der Waals surface area contributed by atoms with Crippen LogP contribution >= 0.6 is 0 Å². The van der Waals surface area contributed by atoms with E-state index in [1.807, 2.05) is 6.07 Å². The second-order valence-corrected chi connectivity index (χ2v) is 5.34. The maximum Gasteiger partial charge on any atom is 0.517 e. The van der Waals surface area contributed by atoms with Crippen molar-refractivity contribution in [3.05, 3.63) is 29.8 Å². The van der Waals surface area contributed by atoms with E-state index < -0.39 is 12.2 Å². The van der Waals surface area contributed by atoms with Crippen molar-refractivity contribution in [1.82, 2.24) is 0 Å². The van der Waals surface area contributed by atoms with E-state index in [4.69, 9.17) is 18.9 Å². The molecule has 8 nitrogen and oxygen atoms in total. The molecule has 0 bridgehead atoms. The lowest BCUT2D eigenvalue weighted by Crippen LogP contribution is -2.21. The highest BCUT2D eigenvalue weighted by atomic mass is 16.8. The van der Waals surface area contributed by atoms with Gasteiger partial charge in [-0.15, -0.1) is 5.10 Å². The summed E-state index contributed by atoms with van der Waals surface area (Å²) < 4.78 is 20.0. The van der Waals surface area contributed by atoms with E-state index in [1.54, 1.807) is 59.1 Å². The Labute approximate surface area is 146 Å². The molecule has 0 N–H and O–H groups in total. The third-order valence-corrected chi connectivity index (χ3v) is 2.54. The molecule has 0 aliphatic carbocycles. The summed E-state index contributed by atoms with van der Waals surface area (Å²) in [6.07, 6.45) is -2.04. The number of nitrogens with zero attached hydrogens (tertiary/aromatic N) is 3. The molecule has 0 amide bonds. The molecule has 25 heavy (non-hydrogen) atoms. The van der Waals surface area contributed by atoms with E-state index in [9.17, 15) is 10.1 Å². The summed E-state index contributed by atoms with van der Waals surface area (Å²) in [6.45, 7) is 6.81. The van der Waals surface area contributed by atoms with Crippen molar-refractivity contribution in [2.75, 3.05) is 7.11 Å². The normalized spacial score (nSPS) is 11.9. The number of carbonyl (C=O) groups excluding carboxylic acids is 1. The number of nitriles is 1. The number of carbonyl (C=O) groups is 1. The smallest absolute Gasteiger partial charge is 0.497 e. The fourth-order valence-electron chi connectivity index (χ4n) is 1.54. The minimum atomic E-state index is -0.965. The van der Waals surface area contributed by atoms with Crippen LogP contribution in [0.15, 0.2) is 34.5 Å². The Morgan fingerprint density at radius 1 is 1.04 bits per heavy atom. The molecule has 0 spiro atoms. The van der Waals surface area contributed by atoms with E-state index >= 15 is 0 Å². The Balaban J connectivity index is 3.01. The molecule has 1 rings (SSSR count). The van der Waals surface area contributed by atoms with Crippen molar-refractivity contribution < 1.29 is 23.7 Å². The lowest BCUT2D eigenvalue weighted by molar-refractivity contribution is 0.0502. The Morgan fingerprint density at radius 3 is 2.12 bits per heavy atom. The van der Waals surface area contributed by atoms with Crippen molar-refractivity contribution in [3.63, 3.8) is 0 Å². The third-order valence-electron chi connectivity index (χ3n) is 2.54. The lowest BCUT2D eigenvalue weighted by atomic mass is 10.1. The van der Waals surface area contributed by atoms with Gasteiger partial charge < -0.3 is 18.9 Å². The average molecular weight is 347 g/mol. The van der Waals surface area contributed by atoms with Crippen LogP contribution in [0.25, 0.3) is 0 Å². The summed E-state index contributed by atoms with van der Waals surface area (Å²) >= 11 is 0. The van der Waals surface area contributed by atoms with Crippen LogP contribution in [0.5, 0.6) is 5.75 Å². The molecule has 134 valence electrons. The zero-order valence-electron chi connectivity index (χ0n) is 14.8. The van der Waals surface area contributed by atoms with Crippen molar-refractivity contribution >= 4 is 18.0 Å². The van der Waals surface area contributed by atoms with Gasteiger partial charge >= 0.3 is 12.2 Å². The van der Waals surface area contributed by atoms with Crippen LogP contribution in [-0.2, 0) is 14.2 Å². The standard InChI is InChI=1S/C17H21N3O5/c1-11(2)23-16(25-17(21)24-12(3)4)20-19-15(10-18)13-6-8-14(22-5)9-7-13/h6-9,11-12H,1-5H3/b19-15+,20-16+. The van der Waals surface area contributed by atoms with Gasteiger partial charge in [0.1, 0.15) is 11.8 Å². The summed E-state index contributed by atoms with van der Waals surface area (Å²) in [5.74, 6) is 0.646. The van der Waals surface area contributed by atoms with Gasteiger partial charge in [-0.25, -0.2) is 4.79 Å². The number of hydrogen-bond acceptors (Lipinski definition) is 8. The summed E-state index contributed by atoms with van der Waals surface area (Å²) in [5, 5.41) is 16.8. The first-order valence-corrected chi connectivity index (χ1v) is 7.61. The molecule has 1 aromatic rings. The van der Waals surface area contributed by atoms with Gasteiger partial charge in [-0.3, -0.25) is 0 Å². The average Bonchev–Trinajstić information content (AvgIpc) is 2.54. The number of hydrogen-bond donors (Lipinski definition) is 0. The van der Waals surface area contributed by atoms with Gasteiger partial charge in [0.2, 0.25) is 0 Å². The summed E-state index contributed by atoms with van der Waals surface area (Å²) in [4.78, 5) is 11.6. The molecule has 0 atom stereocenters. The Kier molecular flexibility index (Phi) is 7.93. The fraction of sp³-hybridized carbons (Fsp3) is 0.412. The molecule has 0 saturated heterocycles. The van der Waals surface area contributed by atoms with E-state index in [0.29, 0.717) is 11.3 Å². The summed E-state index contributed by atoms with van der Waals surface area (Å²) in [5.41, 5.74) is 0.550. The lowest BCUT2D eigenvalue weighted by Gasteiger charge is -2.12. The molecule has 0 aliphatic rings. The summed E-state index contributed by atoms with van der Waals surface area (Å²) in [7, 11) is 1.54. The monoisotopic (exact) mass is 347 g/mol. The minimum Gasteiger partial charge on any atom is -0.497 e. The first-order valence-electron chi connectivity index (χ1n) is 7.61. The highest BCUT2D eigenvalue weighted by molar-refractivity contribution is 6.11. The molecule has 0 unspecified atom stereocenters. The Morgan fingerprint density at radius 2 is 1.64 bits per heavy atom. The molecular formula is C17H21N3O5. The molecule has 0 aromatic heterocycles. The van der Waals surface area contributed by atoms with Gasteiger partial charge in [-0.2, -0.15) is 5.26 Å². The van der Waals surface area contributed by atoms with Crippen LogP contribution in [0.4, 0.5) is 4.79 Å². The van der Waals surface area contributed by atoms with E-state index in [0.717, 1.165) is 0 Å².